The largest absolute Gasteiger partial charge is 0.456 e. The first kappa shape index (κ1) is 13.8. The third-order valence-electron chi connectivity index (χ3n) is 2.02. The molecule has 0 aromatic carbocycles. The van der Waals surface area contributed by atoms with Crippen LogP contribution in [0.4, 0.5) is 0 Å². The predicted octanol–water partition coefficient (Wildman–Crippen LogP) is 1.09. The molecule has 0 rings (SSSR count). The molecule has 0 N–H and O–H groups in total. The molecule has 0 heterocycles. The standard InChI is InChI=1S/C11H20NO3/c1-9(6-7-14-5)11(13)15-8-10(2)12(3)4/h9H,1-2,6-8H2,3-5H3/q+1. The van der Waals surface area contributed by atoms with Crippen LogP contribution in [0.1, 0.15) is 6.42 Å². The summed E-state index contributed by atoms with van der Waals surface area (Å²) in [5.41, 5.74) is 0.752. The average molecular weight is 214 g/mol. The van der Waals surface area contributed by atoms with Crippen LogP contribution in [0.15, 0.2) is 12.3 Å². The van der Waals surface area contributed by atoms with Crippen molar-refractivity contribution >= 4 is 5.97 Å². The average Bonchev–Trinajstić information content (AvgIpc) is 2.21. The van der Waals surface area contributed by atoms with Crippen LogP contribution in [-0.4, -0.2) is 45.3 Å². The van der Waals surface area contributed by atoms with Crippen molar-refractivity contribution in [1.29, 1.82) is 0 Å². The fraction of sp³-hybridized carbons (Fsp3) is 0.636. The topological polar surface area (TPSA) is 38.8 Å². The lowest BCUT2D eigenvalue weighted by Crippen LogP contribution is -2.21. The molecule has 0 aromatic rings. The first-order chi connectivity index (χ1) is 6.99. The number of ether oxygens (including phenoxy) is 2. The highest BCUT2D eigenvalue weighted by atomic mass is 16.5. The monoisotopic (exact) mass is 214 g/mol. The lowest BCUT2D eigenvalue weighted by molar-refractivity contribution is -0.146. The van der Waals surface area contributed by atoms with Crippen LogP contribution in [0, 0.1) is 12.8 Å². The first-order valence-electron chi connectivity index (χ1n) is 4.82. The molecule has 0 bridgehead atoms. The van der Waals surface area contributed by atoms with Crippen LogP contribution >= 0.6 is 0 Å². The molecule has 4 heteroatoms. The molecular weight excluding hydrogens is 194 g/mol. The van der Waals surface area contributed by atoms with Gasteiger partial charge in [0, 0.05) is 33.3 Å². The van der Waals surface area contributed by atoms with Gasteiger partial charge >= 0.3 is 5.97 Å². The molecule has 86 valence electrons. The van der Waals surface area contributed by atoms with Crippen molar-refractivity contribution < 1.29 is 14.3 Å². The Morgan fingerprint density at radius 3 is 2.60 bits per heavy atom. The molecule has 0 saturated carbocycles. The molecule has 0 amide bonds. The second kappa shape index (κ2) is 7.17. The minimum atomic E-state index is -0.375. The van der Waals surface area contributed by atoms with Crippen LogP contribution in [0.25, 0.3) is 0 Å². The summed E-state index contributed by atoms with van der Waals surface area (Å²) < 4.78 is 9.88. The van der Waals surface area contributed by atoms with Crippen molar-refractivity contribution in [3.05, 3.63) is 19.2 Å². The molecule has 1 unspecified atom stereocenters. The minimum absolute atomic E-state index is 0.213. The predicted molar refractivity (Wildman–Crippen MR) is 59.1 cm³/mol. The third-order valence-corrected chi connectivity index (χ3v) is 2.02. The summed E-state index contributed by atoms with van der Waals surface area (Å²) in [7, 11) is 5.29. The third kappa shape index (κ3) is 6.01. The highest BCUT2D eigenvalue weighted by Gasteiger charge is 2.20. The Balaban J connectivity index is 3.78. The smallest absolute Gasteiger partial charge is 0.354 e. The van der Waals surface area contributed by atoms with E-state index in [9.17, 15) is 4.79 Å². The highest BCUT2D eigenvalue weighted by molar-refractivity contribution is 5.73. The Hall–Kier alpha value is -1.16. The van der Waals surface area contributed by atoms with Crippen molar-refractivity contribution in [2.75, 3.05) is 34.4 Å². The summed E-state index contributed by atoms with van der Waals surface area (Å²) in [6.45, 7) is 8.18. The van der Waals surface area contributed by atoms with Crippen LogP contribution in [0.5, 0.6) is 0 Å². The lowest BCUT2D eigenvalue weighted by atomic mass is 10.1. The first-order valence-corrected chi connectivity index (χ1v) is 4.82. The molecule has 0 spiro atoms. The zero-order valence-electron chi connectivity index (χ0n) is 9.78. The normalized spacial score (nSPS) is 11.9. The van der Waals surface area contributed by atoms with Crippen molar-refractivity contribution in [2.24, 2.45) is 5.92 Å². The molecule has 15 heavy (non-hydrogen) atoms. The maximum absolute atomic E-state index is 11.4. The Morgan fingerprint density at radius 2 is 2.13 bits per heavy atom. The number of carbonyl (C=O) groups is 1. The molecule has 0 radical (unpaired) electrons. The molecule has 0 aliphatic rings. The van der Waals surface area contributed by atoms with Crippen LogP contribution in [0.2, 0.25) is 0 Å². The zero-order chi connectivity index (χ0) is 11.8. The second-order valence-corrected chi connectivity index (χ2v) is 3.55. The van der Waals surface area contributed by atoms with E-state index in [-0.39, 0.29) is 18.5 Å². The molecule has 0 aliphatic heterocycles. The van der Waals surface area contributed by atoms with Crippen LogP contribution in [-0.2, 0) is 14.3 Å². The van der Waals surface area contributed by atoms with E-state index in [0.717, 1.165) is 5.70 Å². The van der Waals surface area contributed by atoms with E-state index in [4.69, 9.17) is 9.47 Å². The zero-order valence-corrected chi connectivity index (χ0v) is 9.78. The summed E-state index contributed by atoms with van der Waals surface area (Å²) in [4.78, 5) is 13.2. The highest BCUT2D eigenvalue weighted by Crippen LogP contribution is 2.05. The lowest BCUT2D eigenvalue weighted by Gasteiger charge is -2.15. The number of hydrogen-bond donors (Lipinski definition) is 0. The molecule has 0 aromatic heterocycles. The number of likely N-dealkylation sites (N-methyl/N-ethyl adjacent to an activating group) is 1. The molecule has 0 saturated heterocycles. The van der Waals surface area contributed by atoms with E-state index < -0.39 is 0 Å². The second-order valence-electron chi connectivity index (χ2n) is 3.55. The fourth-order valence-corrected chi connectivity index (χ4v) is 0.779. The number of hydrogen-bond acceptors (Lipinski definition) is 4. The molecule has 4 nitrogen and oxygen atoms in total. The summed E-state index contributed by atoms with van der Waals surface area (Å²) >= 11 is 0. The fourth-order valence-electron chi connectivity index (χ4n) is 0.779. The Bertz CT molecular complexity index is 214. The van der Waals surface area contributed by atoms with Gasteiger partial charge in [-0.2, -0.15) is 0 Å². The van der Waals surface area contributed by atoms with E-state index in [0.29, 0.717) is 13.0 Å². The SMILES string of the molecule is C=C(COC(=O)C([CH2+])CCOC)N(C)C. The Labute approximate surface area is 91.8 Å². The summed E-state index contributed by atoms with van der Waals surface area (Å²) in [6, 6.07) is 0. The summed E-state index contributed by atoms with van der Waals surface area (Å²) in [5.74, 6) is -0.685. The molecular formula is C11H20NO3+. The van der Waals surface area contributed by atoms with Crippen molar-refractivity contribution in [2.45, 2.75) is 6.42 Å². The Kier molecular flexibility index (Phi) is 6.62. The molecule has 0 aliphatic carbocycles. The van der Waals surface area contributed by atoms with Gasteiger partial charge in [-0.3, -0.25) is 0 Å². The van der Waals surface area contributed by atoms with Gasteiger partial charge in [-0.05, 0) is 0 Å². The number of esters is 1. The number of nitrogens with zero attached hydrogens (tertiary/aromatic N) is 1. The van der Waals surface area contributed by atoms with Crippen molar-refractivity contribution in [3.8, 4) is 0 Å². The van der Waals surface area contributed by atoms with Gasteiger partial charge in [-0.25, -0.2) is 4.79 Å². The van der Waals surface area contributed by atoms with E-state index >= 15 is 0 Å². The number of methoxy groups -OCH3 is 1. The van der Waals surface area contributed by atoms with E-state index in [1.54, 1.807) is 12.0 Å². The van der Waals surface area contributed by atoms with Gasteiger partial charge < -0.3 is 14.4 Å². The van der Waals surface area contributed by atoms with E-state index in [1.165, 1.54) is 0 Å². The molecule has 0 fully saturated rings. The van der Waals surface area contributed by atoms with Gasteiger partial charge in [0.2, 0.25) is 0 Å². The quantitative estimate of drug-likeness (QED) is 0.470. The number of rotatable bonds is 7. The van der Waals surface area contributed by atoms with Crippen molar-refractivity contribution in [3.63, 3.8) is 0 Å². The van der Waals surface area contributed by atoms with E-state index in [2.05, 4.69) is 13.5 Å². The van der Waals surface area contributed by atoms with Gasteiger partial charge in [-0.15, -0.1) is 0 Å². The van der Waals surface area contributed by atoms with Gasteiger partial charge in [0.05, 0.1) is 13.5 Å². The van der Waals surface area contributed by atoms with Crippen LogP contribution < -0.4 is 0 Å². The summed E-state index contributed by atoms with van der Waals surface area (Å²) in [6.07, 6.45) is 0.573. The Morgan fingerprint density at radius 1 is 1.53 bits per heavy atom. The number of carbonyl (C=O) groups excluding carboxylic acids is 1. The van der Waals surface area contributed by atoms with Gasteiger partial charge in [0.1, 0.15) is 6.61 Å². The molecule has 1 atom stereocenters. The van der Waals surface area contributed by atoms with Crippen molar-refractivity contribution in [1.82, 2.24) is 4.90 Å². The van der Waals surface area contributed by atoms with E-state index in [1.807, 2.05) is 14.1 Å². The maximum Gasteiger partial charge on any atom is 0.354 e. The van der Waals surface area contributed by atoms with Gasteiger partial charge in [-0.1, -0.05) is 6.58 Å². The van der Waals surface area contributed by atoms with Gasteiger partial charge in [0.15, 0.2) is 5.92 Å². The minimum Gasteiger partial charge on any atom is -0.456 e. The maximum atomic E-state index is 11.4. The summed E-state index contributed by atoms with van der Waals surface area (Å²) in [5, 5.41) is 0. The van der Waals surface area contributed by atoms with Gasteiger partial charge in [0.25, 0.3) is 0 Å². The van der Waals surface area contributed by atoms with Crippen LogP contribution in [0.3, 0.4) is 0 Å².